The molecule has 0 aliphatic carbocycles. The van der Waals surface area contributed by atoms with Crippen molar-refractivity contribution < 1.29 is 24.2 Å². The van der Waals surface area contributed by atoms with Gasteiger partial charge in [0.25, 0.3) is 0 Å². The first-order valence-corrected chi connectivity index (χ1v) is 29.1. The van der Waals surface area contributed by atoms with Crippen LogP contribution in [0.4, 0.5) is 0 Å². The summed E-state index contributed by atoms with van der Waals surface area (Å²) >= 11 is 0. The first kappa shape index (κ1) is 66.3. The van der Waals surface area contributed by atoms with Gasteiger partial charge in [-0.25, -0.2) is 0 Å². The van der Waals surface area contributed by atoms with Gasteiger partial charge in [0.2, 0.25) is 0 Å². The second-order valence-corrected chi connectivity index (χ2v) is 19.0. The van der Waals surface area contributed by atoms with Crippen molar-refractivity contribution in [3.05, 3.63) is 122 Å². The summed E-state index contributed by atoms with van der Waals surface area (Å²) in [5.41, 5.74) is 0. The van der Waals surface area contributed by atoms with Gasteiger partial charge < -0.3 is 14.6 Å². The van der Waals surface area contributed by atoms with E-state index in [-0.39, 0.29) is 25.2 Å². The van der Waals surface area contributed by atoms with Crippen molar-refractivity contribution in [1.29, 1.82) is 0 Å². The minimum Gasteiger partial charge on any atom is -0.462 e. The maximum absolute atomic E-state index is 12.3. The highest BCUT2D eigenvalue weighted by atomic mass is 16.6. The molecule has 1 unspecified atom stereocenters. The molecule has 5 heteroatoms. The number of hydrogen-bond donors (Lipinski definition) is 1. The lowest BCUT2D eigenvalue weighted by molar-refractivity contribution is -0.161. The van der Waals surface area contributed by atoms with E-state index in [4.69, 9.17) is 9.47 Å². The molecule has 0 fully saturated rings. The highest BCUT2D eigenvalue weighted by Gasteiger charge is 2.16. The molecule has 0 rings (SSSR count). The molecule has 0 aliphatic rings. The maximum atomic E-state index is 12.3. The molecule has 1 atom stereocenters. The molecule has 0 aromatic heterocycles. The monoisotopic (exact) mass is 969 g/mol. The van der Waals surface area contributed by atoms with Crippen LogP contribution in [-0.2, 0) is 19.1 Å². The molecule has 0 spiro atoms. The Labute approximate surface area is 433 Å². The second kappa shape index (κ2) is 59.6. The van der Waals surface area contributed by atoms with Gasteiger partial charge in [-0.2, -0.15) is 0 Å². The molecule has 1 N–H and O–H groups in total. The molecular formula is C65H108O5. The largest absolute Gasteiger partial charge is 0.462 e. The van der Waals surface area contributed by atoms with Crippen LogP contribution in [0.25, 0.3) is 0 Å². The van der Waals surface area contributed by atoms with Gasteiger partial charge in [-0.3, -0.25) is 9.59 Å². The summed E-state index contributed by atoms with van der Waals surface area (Å²) in [7, 11) is 0. The number of aliphatic hydroxyl groups excluding tert-OH is 1. The number of rotatable bonds is 52. The van der Waals surface area contributed by atoms with Crippen LogP contribution in [0.3, 0.4) is 0 Å². The molecule has 0 bridgehead atoms. The Hall–Kier alpha value is -3.70. The normalized spacial score (nSPS) is 13.1. The van der Waals surface area contributed by atoms with E-state index in [2.05, 4.69) is 135 Å². The predicted octanol–water partition coefficient (Wildman–Crippen LogP) is 19.9. The minimum absolute atomic E-state index is 0.0801. The van der Waals surface area contributed by atoms with Gasteiger partial charge in [-0.15, -0.1) is 0 Å². The fraction of sp³-hybridized carbons (Fsp3) is 0.662. The lowest BCUT2D eigenvalue weighted by Crippen LogP contribution is -2.28. The third kappa shape index (κ3) is 56.9. The van der Waals surface area contributed by atoms with Crippen LogP contribution < -0.4 is 0 Å². The lowest BCUT2D eigenvalue weighted by Gasteiger charge is -2.15. The van der Waals surface area contributed by atoms with Crippen molar-refractivity contribution in [1.82, 2.24) is 0 Å². The number of hydrogen-bond acceptors (Lipinski definition) is 5. The second-order valence-electron chi connectivity index (χ2n) is 19.0. The third-order valence-corrected chi connectivity index (χ3v) is 12.2. The number of carbonyl (C=O) groups excluding carboxylic acids is 2. The summed E-state index contributed by atoms with van der Waals surface area (Å²) in [6, 6.07) is 0. The Morgan fingerprint density at radius 3 is 0.943 bits per heavy atom. The number of allylic oxidation sites excluding steroid dienone is 20. The molecule has 0 saturated carbocycles. The van der Waals surface area contributed by atoms with Crippen molar-refractivity contribution >= 4 is 11.9 Å². The zero-order valence-electron chi connectivity index (χ0n) is 45.5. The average Bonchev–Trinajstić information content (AvgIpc) is 3.36. The van der Waals surface area contributed by atoms with E-state index < -0.39 is 6.10 Å². The first-order chi connectivity index (χ1) is 34.6. The Bertz CT molecular complexity index is 1420. The molecule has 0 aromatic rings. The van der Waals surface area contributed by atoms with Crippen LogP contribution in [0.2, 0.25) is 0 Å². The topological polar surface area (TPSA) is 72.8 Å². The number of carbonyl (C=O) groups is 2. The molecule has 0 radical (unpaired) electrons. The first-order valence-electron chi connectivity index (χ1n) is 29.1. The van der Waals surface area contributed by atoms with Crippen LogP contribution in [0.1, 0.15) is 258 Å². The van der Waals surface area contributed by atoms with Crippen LogP contribution >= 0.6 is 0 Å². The van der Waals surface area contributed by atoms with E-state index in [0.29, 0.717) is 12.8 Å². The SMILES string of the molecule is CC/C=C\C/C=C\C/C=C\C/C=C\C/C=C\C/C=C\C/C=C\C/C=C\C/C=C\CCCCCCCC(=O)OC(CO)COC(=O)CCCCCCCCCCCCC/C=C\CCCCCCCCCC. The Morgan fingerprint density at radius 2 is 0.614 bits per heavy atom. The average molecular weight is 970 g/mol. The summed E-state index contributed by atoms with van der Waals surface area (Å²) in [4.78, 5) is 24.5. The van der Waals surface area contributed by atoms with Crippen molar-refractivity contribution in [2.75, 3.05) is 13.2 Å². The van der Waals surface area contributed by atoms with E-state index in [9.17, 15) is 14.7 Å². The van der Waals surface area contributed by atoms with E-state index >= 15 is 0 Å². The highest BCUT2D eigenvalue weighted by Crippen LogP contribution is 2.15. The van der Waals surface area contributed by atoms with Crippen molar-refractivity contribution in [3.63, 3.8) is 0 Å². The Kier molecular flexibility index (Phi) is 56.5. The van der Waals surface area contributed by atoms with Crippen LogP contribution in [0.5, 0.6) is 0 Å². The summed E-state index contributed by atoms with van der Waals surface area (Å²) in [6.45, 7) is 4.02. The van der Waals surface area contributed by atoms with Crippen LogP contribution in [0, 0.1) is 0 Å². The molecule has 0 heterocycles. The summed E-state index contributed by atoms with van der Waals surface area (Å²) in [5.74, 6) is -0.616. The zero-order valence-corrected chi connectivity index (χ0v) is 45.5. The molecule has 398 valence electrons. The molecule has 0 aliphatic heterocycles. The van der Waals surface area contributed by atoms with Crippen molar-refractivity contribution in [3.8, 4) is 0 Å². The van der Waals surface area contributed by atoms with Gasteiger partial charge in [0, 0.05) is 12.8 Å². The molecule has 0 saturated heterocycles. The summed E-state index contributed by atoms with van der Waals surface area (Å²) in [5, 5.41) is 9.66. The molecule has 70 heavy (non-hydrogen) atoms. The van der Waals surface area contributed by atoms with E-state index in [1.807, 2.05) is 0 Å². The fourth-order valence-corrected chi connectivity index (χ4v) is 7.90. The Morgan fingerprint density at radius 1 is 0.343 bits per heavy atom. The molecule has 0 aromatic carbocycles. The highest BCUT2D eigenvalue weighted by molar-refractivity contribution is 5.70. The third-order valence-electron chi connectivity index (χ3n) is 12.2. The van der Waals surface area contributed by atoms with Crippen LogP contribution in [-0.4, -0.2) is 36.4 Å². The number of unbranched alkanes of at least 4 members (excludes halogenated alkanes) is 24. The van der Waals surface area contributed by atoms with Gasteiger partial charge in [0.1, 0.15) is 6.61 Å². The van der Waals surface area contributed by atoms with Gasteiger partial charge in [0.15, 0.2) is 6.10 Å². The minimum atomic E-state index is -0.792. The predicted molar refractivity (Wildman–Crippen MR) is 306 cm³/mol. The molecule has 5 nitrogen and oxygen atoms in total. The standard InChI is InChI=1S/C65H108O5/c1-3-5-7-9-11-13-15-17-19-21-23-25-27-28-29-30-31-32-33-34-35-36-38-40-42-44-46-48-50-52-54-56-58-60-65(68)70-63(61-66)62-69-64(67)59-57-55-53-51-49-47-45-43-41-39-37-26-24-22-20-18-16-14-12-10-8-6-4-2/h5,7,11,13,17,19,22-25,28-29,31-32,34-35,38,40,44,46,63,66H,3-4,6,8-10,12,14-16,18,20-21,26-27,30,33,36-37,39,41-43,45,47-62H2,1-2H3/b7-5-,13-11-,19-17-,24-22-,25-23-,29-28-,32-31-,35-34-,40-38-,46-44-. The maximum Gasteiger partial charge on any atom is 0.306 e. The van der Waals surface area contributed by atoms with Gasteiger partial charge in [0.05, 0.1) is 6.61 Å². The van der Waals surface area contributed by atoms with Gasteiger partial charge >= 0.3 is 11.9 Å². The quantitative estimate of drug-likeness (QED) is 0.0374. The van der Waals surface area contributed by atoms with E-state index in [0.717, 1.165) is 116 Å². The van der Waals surface area contributed by atoms with Gasteiger partial charge in [-0.05, 0) is 109 Å². The molecular weight excluding hydrogens is 861 g/mol. The number of ether oxygens (including phenoxy) is 2. The zero-order chi connectivity index (χ0) is 50.6. The number of aliphatic hydroxyl groups is 1. The summed E-state index contributed by atoms with van der Waals surface area (Å²) < 4.78 is 10.7. The summed E-state index contributed by atoms with van der Waals surface area (Å²) in [6.07, 6.45) is 87.4. The van der Waals surface area contributed by atoms with Crippen molar-refractivity contribution in [2.24, 2.45) is 0 Å². The van der Waals surface area contributed by atoms with Crippen molar-refractivity contribution in [2.45, 2.75) is 264 Å². The smallest absolute Gasteiger partial charge is 0.306 e. The lowest BCUT2D eigenvalue weighted by atomic mass is 10.0. The van der Waals surface area contributed by atoms with E-state index in [1.165, 1.54) is 116 Å². The van der Waals surface area contributed by atoms with Crippen LogP contribution in [0.15, 0.2) is 122 Å². The number of esters is 2. The van der Waals surface area contributed by atoms with E-state index in [1.54, 1.807) is 0 Å². The Balaban J connectivity index is 3.60. The fourth-order valence-electron chi connectivity index (χ4n) is 7.90. The van der Waals surface area contributed by atoms with Gasteiger partial charge in [-0.1, -0.05) is 257 Å². The molecule has 0 amide bonds.